The SMILES string of the molecule is O=c1[nH]c2cc(Cl)c(-n3ccnc3)cc2n2c(=O)[nH]nc12. The number of hydrogen-bond donors (Lipinski definition) is 2. The summed E-state index contributed by atoms with van der Waals surface area (Å²) in [4.78, 5) is 30.4. The lowest BCUT2D eigenvalue weighted by Gasteiger charge is -2.08. The van der Waals surface area contributed by atoms with Gasteiger partial charge in [0.25, 0.3) is 5.56 Å². The molecule has 0 bridgehead atoms. The highest BCUT2D eigenvalue weighted by atomic mass is 35.5. The maximum Gasteiger partial charge on any atom is 0.348 e. The molecule has 0 saturated carbocycles. The van der Waals surface area contributed by atoms with Crippen LogP contribution in [-0.2, 0) is 0 Å². The van der Waals surface area contributed by atoms with Gasteiger partial charge in [0, 0.05) is 12.4 Å². The van der Waals surface area contributed by atoms with E-state index in [4.69, 9.17) is 11.6 Å². The van der Waals surface area contributed by atoms with Gasteiger partial charge < -0.3 is 9.55 Å². The van der Waals surface area contributed by atoms with Gasteiger partial charge in [0.15, 0.2) is 0 Å². The number of nitrogens with zero attached hydrogens (tertiary/aromatic N) is 4. The molecular weight excluding hydrogens is 296 g/mol. The summed E-state index contributed by atoms with van der Waals surface area (Å²) in [6, 6.07) is 3.28. The lowest BCUT2D eigenvalue weighted by atomic mass is 10.2. The fraction of sp³-hybridized carbons (Fsp3) is 0. The van der Waals surface area contributed by atoms with Crippen LogP contribution in [0, 0.1) is 0 Å². The maximum absolute atomic E-state index is 11.9. The van der Waals surface area contributed by atoms with Crippen molar-refractivity contribution in [2.75, 3.05) is 0 Å². The average Bonchev–Trinajstić information content (AvgIpc) is 3.09. The Kier molecular flexibility index (Phi) is 2.30. The van der Waals surface area contributed by atoms with E-state index in [-0.39, 0.29) is 5.65 Å². The van der Waals surface area contributed by atoms with Crippen LogP contribution in [0.2, 0.25) is 5.02 Å². The molecule has 0 radical (unpaired) electrons. The molecule has 0 unspecified atom stereocenters. The second kappa shape index (κ2) is 4.06. The molecule has 4 rings (SSSR count). The number of hydrogen-bond acceptors (Lipinski definition) is 4. The molecule has 0 atom stereocenters. The summed E-state index contributed by atoms with van der Waals surface area (Å²) in [7, 11) is 0. The molecule has 0 aliphatic carbocycles. The first-order valence-electron chi connectivity index (χ1n) is 5.96. The molecule has 9 heteroatoms. The van der Waals surface area contributed by atoms with E-state index in [0.29, 0.717) is 21.7 Å². The number of aromatic amines is 2. The smallest absolute Gasteiger partial charge is 0.317 e. The quantitative estimate of drug-likeness (QED) is 0.540. The minimum atomic E-state index is -0.486. The van der Waals surface area contributed by atoms with E-state index in [1.807, 2.05) is 0 Å². The van der Waals surface area contributed by atoms with Gasteiger partial charge in [-0.15, -0.1) is 5.10 Å². The molecule has 2 N–H and O–H groups in total. The number of imidazole rings is 1. The third-order valence-corrected chi connectivity index (χ3v) is 3.51. The van der Waals surface area contributed by atoms with Crippen LogP contribution in [-0.4, -0.2) is 29.1 Å². The normalized spacial score (nSPS) is 11.5. The van der Waals surface area contributed by atoms with Gasteiger partial charge in [0.1, 0.15) is 0 Å². The first kappa shape index (κ1) is 11.9. The lowest BCUT2D eigenvalue weighted by molar-refractivity contribution is 1.03. The monoisotopic (exact) mass is 302 g/mol. The third-order valence-electron chi connectivity index (χ3n) is 3.21. The Morgan fingerprint density at radius 1 is 1.24 bits per heavy atom. The van der Waals surface area contributed by atoms with Crippen LogP contribution in [0.3, 0.4) is 0 Å². The van der Waals surface area contributed by atoms with Crippen molar-refractivity contribution < 1.29 is 0 Å². The zero-order valence-electron chi connectivity index (χ0n) is 10.4. The van der Waals surface area contributed by atoms with Crippen LogP contribution in [0.4, 0.5) is 0 Å². The van der Waals surface area contributed by atoms with Crippen molar-refractivity contribution in [2.24, 2.45) is 0 Å². The summed E-state index contributed by atoms with van der Waals surface area (Å²) in [5, 5.41) is 6.40. The number of aromatic nitrogens is 6. The van der Waals surface area contributed by atoms with E-state index in [1.165, 1.54) is 4.40 Å². The first-order chi connectivity index (χ1) is 10.1. The number of rotatable bonds is 1. The Balaban J connectivity index is 2.22. The zero-order chi connectivity index (χ0) is 14.6. The molecule has 0 spiro atoms. The predicted octanol–water partition coefficient (Wildman–Crippen LogP) is 0.703. The van der Waals surface area contributed by atoms with Crippen LogP contribution < -0.4 is 11.2 Å². The van der Waals surface area contributed by atoms with Gasteiger partial charge in [-0.2, -0.15) is 0 Å². The fourth-order valence-corrected chi connectivity index (χ4v) is 2.55. The first-order valence-corrected chi connectivity index (χ1v) is 6.34. The highest BCUT2D eigenvalue weighted by Gasteiger charge is 2.13. The van der Waals surface area contributed by atoms with Crippen LogP contribution in [0.25, 0.3) is 22.4 Å². The topological polar surface area (TPSA) is 101 Å². The molecular formula is C12H7ClN6O2. The summed E-state index contributed by atoms with van der Waals surface area (Å²) in [6.07, 6.45) is 4.94. The van der Waals surface area contributed by atoms with Gasteiger partial charge in [-0.25, -0.2) is 19.3 Å². The van der Waals surface area contributed by atoms with Gasteiger partial charge in [-0.3, -0.25) is 4.79 Å². The second-order valence-electron chi connectivity index (χ2n) is 4.43. The Bertz CT molecular complexity index is 1090. The number of benzene rings is 1. The molecule has 0 saturated heterocycles. The van der Waals surface area contributed by atoms with Crippen LogP contribution in [0.1, 0.15) is 0 Å². The largest absolute Gasteiger partial charge is 0.348 e. The summed E-state index contributed by atoms with van der Waals surface area (Å²) in [6.45, 7) is 0. The molecule has 3 aromatic heterocycles. The summed E-state index contributed by atoms with van der Waals surface area (Å²) < 4.78 is 2.93. The van der Waals surface area contributed by atoms with Crippen molar-refractivity contribution in [3.8, 4) is 5.69 Å². The van der Waals surface area contributed by atoms with Crippen molar-refractivity contribution in [1.29, 1.82) is 0 Å². The van der Waals surface area contributed by atoms with Gasteiger partial charge in [0.2, 0.25) is 5.65 Å². The molecule has 1 aromatic carbocycles. The molecule has 104 valence electrons. The molecule has 8 nitrogen and oxygen atoms in total. The van der Waals surface area contributed by atoms with E-state index < -0.39 is 11.2 Å². The summed E-state index contributed by atoms with van der Waals surface area (Å²) >= 11 is 6.23. The molecule has 0 aliphatic rings. The van der Waals surface area contributed by atoms with E-state index in [2.05, 4.69) is 20.2 Å². The van der Waals surface area contributed by atoms with Gasteiger partial charge in [0.05, 0.1) is 28.1 Å². The van der Waals surface area contributed by atoms with Crippen molar-refractivity contribution in [1.82, 2.24) is 29.1 Å². The molecule has 0 fully saturated rings. The average molecular weight is 303 g/mol. The maximum atomic E-state index is 11.9. The highest BCUT2D eigenvalue weighted by Crippen LogP contribution is 2.25. The van der Waals surface area contributed by atoms with Gasteiger partial charge in [-0.05, 0) is 12.1 Å². The van der Waals surface area contributed by atoms with Gasteiger partial charge in [-0.1, -0.05) is 11.6 Å². The molecule has 0 aliphatic heterocycles. The standard InChI is InChI=1S/C12H7ClN6O2/c13-6-3-7-9(4-8(6)18-2-1-14-5-18)19-10(11(20)15-7)16-17-12(19)21/h1-5H,(H,15,20)(H,17,21). The van der Waals surface area contributed by atoms with E-state index in [9.17, 15) is 9.59 Å². The van der Waals surface area contributed by atoms with Crippen molar-refractivity contribution in [2.45, 2.75) is 0 Å². The van der Waals surface area contributed by atoms with E-state index >= 15 is 0 Å². The van der Waals surface area contributed by atoms with Crippen LogP contribution >= 0.6 is 11.6 Å². The van der Waals surface area contributed by atoms with Crippen molar-refractivity contribution >= 4 is 28.3 Å². The lowest BCUT2D eigenvalue weighted by Crippen LogP contribution is -2.17. The molecule has 21 heavy (non-hydrogen) atoms. The second-order valence-corrected chi connectivity index (χ2v) is 4.84. The van der Waals surface area contributed by atoms with Crippen LogP contribution in [0.15, 0.2) is 40.4 Å². The highest BCUT2D eigenvalue weighted by molar-refractivity contribution is 6.33. The number of halogens is 1. The number of H-pyrrole nitrogens is 2. The molecule has 4 aromatic rings. The van der Waals surface area contributed by atoms with Crippen molar-refractivity contribution in [3.63, 3.8) is 0 Å². The van der Waals surface area contributed by atoms with E-state index in [1.54, 1.807) is 35.4 Å². The third kappa shape index (κ3) is 1.62. The van der Waals surface area contributed by atoms with Crippen LogP contribution in [0.5, 0.6) is 0 Å². The Morgan fingerprint density at radius 2 is 2.10 bits per heavy atom. The van der Waals surface area contributed by atoms with Gasteiger partial charge >= 0.3 is 5.69 Å². The predicted molar refractivity (Wildman–Crippen MR) is 76.1 cm³/mol. The number of nitrogens with one attached hydrogen (secondary N) is 2. The zero-order valence-corrected chi connectivity index (χ0v) is 11.1. The minimum absolute atomic E-state index is 0.00593. The minimum Gasteiger partial charge on any atom is -0.317 e. The molecule has 3 heterocycles. The number of fused-ring (bicyclic) bond motifs is 3. The summed E-state index contributed by atoms with van der Waals surface area (Å²) in [5.41, 5.74) is 0.642. The molecule has 0 amide bonds. The van der Waals surface area contributed by atoms with Crippen molar-refractivity contribution in [3.05, 3.63) is 56.7 Å². The Hall–Kier alpha value is -2.87. The summed E-state index contributed by atoms with van der Waals surface area (Å²) in [5.74, 6) is 0. The Labute approximate surface area is 120 Å². The van der Waals surface area contributed by atoms with E-state index in [0.717, 1.165) is 0 Å². The Morgan fingerprint density at radius 3 is 2.86 bits per heavy atom. The fourth-order valence-electron chi connectivity index (χ4n) is 2.29.